The van der Waals surface area contributed by atoms with Crippen LogP contribution in [-0.4, -0.2) is 27.5 Å². The van der Waals surface area contributed by atoms with Crippen molar-refractivity contribution in [2.24, 2.45) is 5.41 Å². The molecule has 0 unspecified atom stereocenters. The molecule has 6 rings (SSSR count). The van der Waals surface area contributed by atoms with Gasteiger partial charge in [0.15, 0.2) is 11.6 Å². The molecule has 0 bridgehead atoms. The number of halogens is 4. The fraction of sp³-hybridized carbons (Fsp3) is 0.229. The molecule has 0 spiro atoms. The summed E-state index contributed by atoms with van der Waals surface area (Å²) in [4.78, 5) is 21.0. The maximum Gasteiger partial charge on any atom is 0.251 e. The molecule has 0 atom stereocenters. The first kappa shape index (κ1) is 31.2. The van der Waals surface area contributed by atoms with Gasteiger partial charge in [0.05, 0.1) is 28.9 Å². The Kier molecular flexibility index (Phi) is 8.35. The second-order valence-electron chi connectivity index (χ2n) is 11.5. The number of fused-ring (bicyclic) bond motifs is 1. The summed E-state index contributed by atoms with van der Waals surface area (Å²) in [5, 5.41) is 20.8. The number of carbonyl (C=O) groups excluding carboxylic acids is 1. The second-order valence-corrected chi connectivity index (χ2v) is 11.5. The van der Waals surface area contributed by atoms with E-state index in [-0.39, 0.29) is 51.9 Å². The highest BCUT2D eigenvalue weighted by Gasteiger charge is 2.43. The Balaban J connectivity index is 1.29. The first-order valence-electron chi connectivity index (χ1n) is 14.7. The molecule has 1 fully saturated rings. The third kappa shape index (κ3) is 6.36. The minimum Gasteiger partial charge on any atom is -0.471 e. The standard InChI is InChI=1S/C35H26F4N6O2/c1-42-33(46)24-14-28(39)32-30(15-24)45(19-35(8-9-35)10-11-40)31(44-32)16-21-4-5-22(13-27(21)38)29-7-6-25(36)34(43-29)47-18-23-3-2-20(17-41)12-26(23)37/h2-7,12-15H,8-10,16,18-19H2,1H3,(H,42,46). The number of nitrogens with zero attached hydrogens (tertiary/aromatic N) is 5. The third-order valence-electron chi connectivity index (χ3n) is 8.34. The van der Waals surface area contributed by atoms with Gasteiger partial charge in [-0.05, 0) is 60.9 Å². The summed E-state index contributed by atoms with van der Waals surface area (Å²) in [6, 6.07) is 17.3. The highest BCUT2D eigenvalue weighted by molar-refractivity contribution is 5.97. The summed E-state index contributed by atoms with van der Waals surface area (Å²) in [5.74, 6) is -3.29. The Hall–Kier alpha value is -5.75. The van der Waals surface area contributed by atoms with Gasteiger partial charge in [-0.3, -0.25) is 4.79 Å². The normalized spacial score (nSPS) is 13.2. The van der Waals surface area contributed by atoms with Crippen LogP contribution < -0.4 is 10.1 Å². The van der Waals surface area contributed by atoms with Gasteiger partial charge in [0.2, 0.25) is 0 Å². The first-order valence-corrected chi connectivity index (χ1v) is 14.7. The summed E-state index contributed by atoms with van der Waals surface area (Å²) in [6.07, 6.45) is 1.89. The van der Waals surface area contributed by atoms with Crippen LogP contribution in [0.1, 0.15) is 52.1 Å². The van der Waals surface area contributed by atoms with Gasteiger partial charge in [-0.15, -0.1) is 0 Å². The van der Waals surface area contributed by atoms with E-state index in [4.69, 9.17) is 10.00 Å². The molecule has 1 aliphatic carbocycles. The zero-order valence-electron chi connectivity index (χ0n) is 25.1. The smallest absolute Gasteiger partial charge is 0.251 e. The minimum atomic E-state index is -0.796. The van der Waals surface area contributed by atoms with Crippen molar-refractivity contribution in [2.75, 3.05) is 7.05 Å². The molecule has 2 aromatic heterocycles. The van der Waals surface area contributed by atoms with E-state index in [1.165, 1.54) is 37.4 Å². The van der Waals surface area contributed by atoms with E-state index in [9.17, 15) is 18.8 Å². The topological polar surface area (TPSA) is 117 Å². The summed E-state index contributed by atoms with van der Waals surface area (Å²) in [5.41, 5.74) is 1.23. The van der Waals surface area contributed by atoms with E-state index < -0.39 is 35.1 Å². The largest absolute Gasteiger partial charge is 0.471 e. The molecule has 1 amide bonds. The molecule has 236 valence electrons. The maximum absolute atomic E-state index is 15.6. The number of ether oxygens (including phenoxy) is 1. The maximum atomic E-state index is 15.6. The molecule has 0 aliphatic heterocycles. The number of pyridine rings is 1. The Morgan fingerprint density at radius 2 is 1.70 bits per heavy atom. The SMILES string of the molecule is CNC(=O)c1cc(F)c2nc(Cc3ccc(-c4ccc(F)c(OCc5ccc(C#N)cc5F)n4)cc3F)n(CC3(CC#N)CC3)c2c1. The molecule has 8 nitrogen and oxygen atoms in total. The Labute approximate surface area is 266 Å². The van der Waals surface area contributed by atoms with E-state index in [0.717, 1.165) is 31.0 Å². The van der Waals surface area contributed by atoms with E-state index >= 15 is 8.78 Å². The predicted molar refractivity (Wildman–Crippen MR) is 163 cm³/mol. The number of rotatable bonds is 10. The fourth-order valence-electron chi connectivity index (χ4n) is 5.47. The van der Waals surface area contributed by atoms with Crippen LogP contribution in [-0.2, 0) is 19.6 Å². The number of amides is 1. The number of imidazole rings is 1. The lowest BCUT2D eigenvalue weighted by Gasteiger charge is -2.16. The number of hydrogen-bond donors (Lipinski definition) is 1. The lowest BCUT2D eigenvalue weighted by atomic mass is 10.0. The van der Waals surface area contributed by atoms with Crippen molar-refractivity contribution < 1.29 is 27.1 Å². The molecular formula is C35H26F4N6O2. The first-order chi connectivity index (χ1) is 22.6. The van der Waals surface area contributed by atoms with Crippen molar-refractivity contribution in [3.8, 4) is 29.3 Å². The summed E-state index contributed by atoms with van der Waals surface area (Å²) in [6.45, 7) is 0.0114. The molecule has 3 aromatic carbocycles. The number of nitrogens with one attached hydrogen (secondary N) is 1. The van der Waals surface area contributed by atoms with Crippen molar-refractivity contribution in [3.63, 3.8) is 0 Å². The van der Waals surface area contributed by atoms with Gasteiger partial charge >= 0.3 is 0 Å². The van der Waals surface area contributed by atoms with E-state index in [0.29, 0.717) is 29.9 Å². The van der Waals surface area contributed by atoms with Crippen molar-refractivity contribution in [2.45, 2.75) is 38.8 Å². The molecule has 47 heavy (non-hydrogen) atoms. The van der Waals surface area contributed by atoms with Crippen LogP contribution in [0.4, 0.5) is 17.6 Å². The predicted octanol–water partition coefficient (Wildman–Crippen LogP) is 6.75. The number of nitriles is 2. The van der Waals surface area contributed by atoms with E-state index in [1.807, 2.05) is 6.07 Å². The summed E-state index contributed by atoms with van der Waals surface area (Å²) < 4.78 is 66.8. The van der Waals surface area contributed by atoms with Crippen molar-refractivity contribution in [1.82, 2.24) is 19.9 Å². The number of benzene rings is 3. The molecule has 12 heteroatoms. The molecular weight excluding hydrogens is 612 g/mol. The van der Waals surface area contributed by atoms with Crippen LogP contribution in [0.3, 0.4) is 0 Å². The van der Waals surface area contributed by atoms with Crippen LogP contribution >= 0.6 is 0 Å². The van der Waals surface area contributed by atoms with Crippen LogP contribution in [0.25, 0.3) is 22.3 Å². The average Bonchev–Trinajstić information content (AvgIpc) is 3.74. The van der Waals surface area contributed by atoms with Gasteiger partial charge in [0.1, 0.15) is 29.6 Å². The molecule has 0 radical (unpaired) electrons. The van der Waals surface area contributed by atoms with Gasteiger partial charge < -0.3 is 14.6 Å². The highest BCUT2D eigenvalue weighted by Crippen LogP contribution is 2.50. The average molecular weight is 639 g/mol. The lowest BCUT2D eigenvalue weighted by molar-refractivity contribution is 0.0962. The third-order valence-corrected chi connectivity index (χ3v) is 8.34. The molecule has 5 aromatic rings. The zero-order valence-corrected chi connectivity index (χ0v) is 25.1. The fourth-order valence-corrected chi connectivity index (χ4v) is 5.47. The number of hydrogen-bond acceptors (Lipinski definition) is 6. The van der Waals surface area contributed by atoms with Crippen LogP contribution in [0.5, 0.6) is 5.88 Å². The Bertz CT molecular complexity index is 2130. The Morgan fingerprint density at radius 3 is 2.38 bits per heavy atom. The van der Waals surface area contributed by atoms with Crippen LogP contribution in [0.2, 0.25) is 0 Å². The van der Waals surface area contributed by atoms with Crippen LogP contribution in [0, 0.1) is 51.3 Å². The van der Waals surface area contributed by atoms with Crippen molar-refractivity contribution in [3.05, 3.63) is 112 Å². The molecule has 1 aliphatic rings. The molecule has 1 saturated carbocycles. The number of aromatic nitrogens is 3. The van der Waals surface area contributed by atoms with Gasteiger partial charge in [0.25, 0.3) is 11.8 Å². The van der Waals surface area contributed by atoms with Gasteiger partial charge in [-0.25, -0.2) is 27.5 Å². The minimum absolute atomic E-state index is 0.0143. The molecule has 2 heterocycles. The van der Waals surface area contributed by atoms with Crippen molar-refractivity contribution >= 4 is 16.9 Å². The number of carbonyl (C=O) groups is 1. The quantitative estimate of drug-likeness (QED) is 0.169. The van der Waals surface area contributed by atoms with Gasteiger partial charge in [-0.2, -0.15) is 10.5 Å². The Morgan fingerprint density at radius 1 is 0.936 bits per heavy atom. The van der Waals surface area contributed by atoms with Gasteiger partial charge in [-0.1, -0.05) is 18.2 Å². The summed E-state index contributed by atoms with van der Waals surface area (Å²) in [7, 11) is 1.44. The molecule has 0 saturated heterocycles. The van der Waals surface area contributed by atoms with Crippen molar-refractivity contribution in [1.29, 1.82) is 10.5 Å². The van der Waals surface area contributed by atoms with Crippen LogP contribution in [0.15, 0.2) is 60.7 Å². The molecule has 1 N–H and O–H groups in total. The second kappa shape index (κ2) is 12.6. The lowest BCUT2D eigenvalue weighted by Crippen LogP contribution is -2.18. The zero-order chi connectivity index (χ0) is 33.3. The van der Waals surface area contributed by atoms with E-state index in [1.54, 1.807) is 16.7 Å². The van der Waals surface area contributed by atoms with Gasteiger partial charge in [0, 0.05) is 48.5 Å². The summed E-state index contributed by atoms with van der Waals surface area (Å²) >= 11 is 0. The highest BCUT2D eigenvalue weighted by atomic mass is 19.1. The monoisotopic (exact) mass is 638 g/mol. The van der Waals surface area contributed by atoms with E-state index in [2.05, 4.69) is 21.4 Å².